The Labute approximate surface area is 124 Å². The van der Waals surface area contributed by atoms with Crippen LogP contribution in [0.2, 0.25) is 0 Å². The number of fused-ring (bicyclic) bond motifs is 1. The standard InChI is InChI=1S/C15H24N4S/c1-4-5-6-8-15(2,3)10-17-12-11-7-9-20-13(11)19-14(16)18-12/h7,9H,4-6,8,10H2,1-3H3,(H3,16,17,18,19). The Hall–Kier alpha value is -1.36. The zero-order chi connectivity index (χ0) is 14.6. The van der Waals surface area contributed by atoms with E-state index in [9.17, 15) is 0 Å². The van der Waals surface area contributed by atoms with Crippen molar-refractivity contribution in [1.82, 2.24) is 9.97 Å². The first kappa shape index (κ1) is 15.0. The van der Waals surface area contributed by atoms with Crippen LogP contribution in [0.15, 0.2) is 11.4 Å². The van der Waals surface area contributed by atoms with Crippen molar-refractivity contribution >= 4 is 33.3 Å². The molecule has 2 rings (SSSR count). The van der Waals surface area contributed by atoms with Crippen molar-refractivity contribution in [1.29, 1.82) is 0 Å². The van der Waals surface area contributed by atoms with Crippen LogP contribution in [0.3, 0.4) is 0 Å². The van der Waals surface area contributed by atoms with Crippen molar-refractivity contribution in [2.75, 3.05) is 17.6 Å². The highest BCUT2D eigenvalue weighted by Crippen LogP contribution is 2.28. The Kier molecular flexibility index (Phi) is 4.81. The van der Waals surface area contributed by atoms with Gasteiger partial charge in [-0.15, -0.1) is 11.3 Å². The van der Waals surface area contributed by atoms with Gasteiger partial charge in [0.25, 0.3) is 0 Å². The average Bonchev–Trinajstić information content (AvgIpc) is 2.84. The summed E-state index contributed by atoms with van der Waals surface area (Å²) in [5, 5.41) is 6.54. The minimum absolute atomic E-state index is 0.261. The molecule has 0 atom stereocenters. The van der Waals surface area contributed by atoms with Gasteiger partial charge in [-0.2, -0.15) is 4.98 Å². The Balaban J connectivity index is 2.03. The monoisotopic (exact) mass is 292 g/mol. The van der Waals surface area contributed by atoms with Crippen LogP contribution in [0.4, 0.5) is 11.8 Å². The summed E-state index contributed by atoms with van der Waals surface area (Å²) in [6, 6.07) is 2.05. The molecule has 0 saturated carbocycles. The topological polar surface area (TPSA) is 63.8 Å². The van der Waals surface area contributed by atoms with Gasteiger partial charge in [-0.3, -0.25) is 0 Å². The number of aromatic nitrogens is 2. The zero-order valence-corrected chi connectivity index (χ0v) is 13.4. The molecule has 0 aliphatic heterocycles. The number of nitrogens with one attached hydrogen (secondary N) is 1. The predicted octanol–water partition coefficient (Wildman–Crippen LogP) is 4.29. The third-order valence-corrected chi connectivity index (χ3v) is 4.34. The van der Waals surface area contributed by atoms with Gasteiger partial charge in [0.05, 0.1) is 5.39 Å². The van der Waals surface area contributed by atoms with Crippen LogP contribution in [0.5, 0.6) is 0 Å². The largest absolute Gasteiger partial charge is 0.369 e. The number of thiophene rings is 1. The lowest BCUT2D eigenvalue weighted by atomic mass is 9.87. The molecule has 2 aromatic heterocycles. The van der Waals surface area contributed by atoms with Gasteiger partial charge in [0.15, 0.2) is 0 Å². The lowest BCUT2D eigenvalue weighted by Gasteiger charge is -2.25. The molecule has 3 N–H and O–H groups in total. The van der Waals surface area contributed by atoms with E-state index in [4.69, 9.17) is 5.73 Å². The quantitative estimate of drug-likeness (QED) is 0.747. The normalized spacial score (nSPS) is 11.9. The fourth-order valence-electron chi connectivity index (χ4n) is 2.27. The average molecular weight is 292 g/mol. The minimum atomic E-state index is 0.261. The van der Waals surface area contributed by atoms with Gasteiger partial charge >= 0.3 is 0 Å². The molecule has 0 radical (unpaired) electrons. The van der Waals surface area contributed by atoms with Crippen molar-refractivity contribution in [2.45, 2.75) is 46.5 Å². The summed E-state index contributed by atoms with van der Waals surface area (Å²) < 4.78 is 0. The molecule has 5 heteroatoms. The summed E-state index contributed by atoms with van der Waals surface area (Å²) >= 11 is 1.59. The molecular weight excluding hydrogens is 268 g/mol. The maximum Gasteiger partial charge on any atom is 0.223 e. The predicted molar refractivity (Wildman–Crippen MR) is 88.2 cm³/mol. The highest BCUT2D eigenvalue weighted by atomic mass is 32.1. The molecule has 0 aliphatic rings. The van der Waals surface area contributed by atoms with Crippen molar-refractivity contribution < 1.29 is 0 Å². The van der Waals surface area contributed by atoms with Crippen LogP contribution in [-0.4, -0.2) is 16.5 Å². The first-order valence-corrected chi connectivity index (χ1v) is 8.14. The molecule has 0 saturated heterocycles. The molecule has 2 heterocycles. The van der Waals surface area contributed by atoms with Crippen molar-refractivity contribution in [2.24, 2.45) is 5.41 Å². The number of nitrogens with two attached hydrogens (primary N) is 1. The minimum Gasteiger partial charge on any atom is -0.369 e. The van der Waals surface area contributed by atoms with E-state index in [-0.39, 0.29) is 5.41 Å². The molecular formula is C15H24N4S. The van der Waals surface area contributed by atoms with Crippen LogP contribution in [-0.2, 0) is 0 Å². The van der Waals surface area contributed by atoms with E-state index >= 15 is 0 Å². The number of rotatable bonds is 7. The lowest BCUT2D eigenvalue weighted by Crippen LogP contribution is -2.23. The Bertz CT molecular complexity index is 562. The Morgan fingerprint density at radius 3 is 2.85 bits per heavy atom. The first-order chi connectivity index (χ1) is 9.52. The van der Waals surface area contributed by atoms with E-state index in [2.05, 4.69) is 36.1 Å². The smallest absolute Gasteiger partial charge is 0.223 e. The van der Waals surface area contributed by atoms with Crippen LogP contribution >= 0.6 is 11.3 Å². The van der Waals surface area contributed by atoms with E-state index < -0.39 is 0 Å². The van der Waals surface area contributed by atoms with E-state index in [1.54, 1.807) is 11.3 Å². The second kappa shape index (κ2) is 6.39. The summed E-state index contributed by atoms with van der Waals surface area (Å²) in [5.74, 6) is 1.20. The third-order valence-electron chi connectivity index (χ3n) is 3.53. The second-order valence-electron chi connectivity index (χ2n) is 6.04. The Morgan fingerprint density at radius 2 is 2.10 bits per heavy atom. The van der Waals surface area contributed by atoms with E-state index in [0.717, 1.165) is 22.6 Å². The van der Waals surface area contributed by atoms with Gasteiger partial charge in [0, 0.05) is 6.54 Å². The van der Waals surface area contributed by atoms with Crippen molar-refractivity contribution in [3.63, 3.8) is 0 Å². The van der Waals surface area contributed by atoms with E-state index in [1.165, 1.54) is 25.7 Å². The number of anilines is 2. The summed E-state index contributed by atoms with van der Waals surface area (Å²) in [6.45, 7) is 7.73. The number of nitrogens with zero attached hydrogens (tertiary/aromatic N) is 2. The fourth-order valence-corrected chi connectivity index (χ4v) is 3.04. The van der Waals surface area contributed by atoms with Crippen molar-refractivity contribution in [3.05, 3.63) is 11.4 Å². The molecule has 0 spiro atoms. The maximum atomic E-state index is 5.77. The molecule has 0 aromatic carbocycles. The van der Waals surface area contributed by atoms with E-state index in [0.29, 0.717) is 5.95 Å². The third kappa shape index (κ3) is 3.82. The van der Waals surface area contributed by atoms with Crippen LogP contribution in [0.25, 0.3) is 10.2 Å². The van der Waals surface area contributed by atoms with Crippen LogP contribution in [0.1, 0.15) is 46.5 Å². The van der Waals surface area contributed by atoms with Gasteiger partial charge in [0.2, 0.25) is 5.95 Å². The summed E-state index contributed by atoms with van der Waals surface area (Å²) in [5.41, 5.74) is 6.03. The maximum absolute atomic E-state index is 5.77. The molecule has 20 heavy (non-hydrogen) atoms. The zero-order valence-electron chi connectivity index (χ0n) is 12.6. The summed E-state index contributed by atoms with van der Waals surface area (Å²) in [6.07, 6.45) is 5.08. The van der Waals surface area contributed by atoms with E-state index in [1.807, 2.05) is 11.4 Å². The number of nitrogen functional groups attached to an aromatic ring is 1. The fraction of sp³-hybridized carbons (Fsp3) is 0.600. The van der Waals surface area contributed by atoms with Gasteiger partial charge in [0.1, 0.15) is 10.6 Å². The molecule has 2 aromatic rings. The highest BCUT2D eigenvalue weighted by molar-refractivity contribution is 7.16. The summed E-state index contributed by atoms with van der Waals surface area (Å²) in [4.78, 5) is 9.53. The lowest BCUT2D eigenvalue weighted by molar-refractivity contribution is 0.342. The molecule has 110 valence electrons. The number of hydrogen-bond donors (Lipinski definition) is 2. The summed E-state index contributed by atoms with van der Waals surface area (Å²) in [7, 11) is 0. The van der Waals surface area contributed by atoms with Crippen molar-refractivity contribution in [3.8, 4) is 0 Å². The second-order valence-corrected chi connectivity index (χ2v) is 6.94. The Morgan fingerprint density at radius 1 is 1.30 bits per heavy atom. The van der Waals surface area contributed by atoms with Crippen LogP contribution < -0.4 is 11.1 Å². The first-order valence-electron chi connectivity index (χ1n) is 7.26. The molecule has 0 bridgehead atoms. The number of unbranched alkanes of at least 4 members (excludes halogenated alkanes) is 2. The highest BCUT2D eigenvalue weighted by Gasteiger charge is 2.18. The van der Waals surface area contributed by atoms with Gasteiger partial charge in [-0.25, -0.2) is 4.98 Å². The van der Waals surface area contributed by atoms with Gasteiger partial charge in [-0.1, -0.05) is 40.0 Å². The molecule has 0 fully saturated rings. The SMILES string of the molecule is CCCCCC(C)(C)CNc1nc(N)nc2sccc12. The van der Waals surface area contributed by atoms with Crippen LogP contribution in [0, 0.1) is 5.41 Å². The van der Waals surface area contributed by atoms with Gasteiger partial charge < -0.3 is 11.1 Å². The molecule has 0 aliphatic carbocycles. The molecule has 4 nitrogen and oxygen atoms in total. The molecule has 0 amide bonds. The number of hydrogen-bond acceptors (Lipinski definition) is 5. The van der Waals surface area contributed by atoms with Gasteiger partial charge in [-0.05, 0) is 23.3 Å². The molecule has 0 unspecified atom stereocenters.